The fourth-order valence-corrected chi connectivity index (χ4v) is 3.69. The van der Waals surface area contributed by atoms with Gasteiger partial charge in [0.1, 0.15) is 12.0 Å². The van der Waals surface area contributed by atoms with E-state index in [0.29, 0.717) is 28.7 Å². The summed E-state index contributed by atoms with van der Waals surface area (Å²) in [6, 6.07) is 3.16. The van der Waals surface area contributed by atoms with Crippen molar-refractivity contribution >= 4 is 33.4 Å². The van der Waals surface area contributed by atoms with Crippen LogP contribution in [0.3, 0.4) is 0 Å². The summed E-state index contributed by atoms with van der Waals surface area (Å²) < 4.78 is 27.4. The Kier molecular flexibility index (Phi) is 4.46. The minimum atomic E-state index is -0.988. The number of carbonyl (C=O) groups excluding carboxylic acids is 1. The van der Waals surface area contributed by atoms with Gasteiger partial charge in [-0.05, 0) is 29.5 Å². The topological polar surface area (TPSA) is 71.0 Å². The molecule has 1 N–H and O–H groups in total. The maximum Gasteiger partial charge on any atom is 0.274 e. The highest BCUT2D eigenvalue weighted by molar-refractivity contribution is 7.17. The lowest BCUT2D eigenvalue weighted by Crippen LogP contribution is -2.30. The van der Waals surface area contributed by atoms with E-state index in [1.165, 1.54) is 28.5 Å². The Morgan fingerprint density at radius 3 is 3.04 bits per heavy atom. The smallest absolute Gasteiger partial charge is 0.274 e. The fourth-order valence-electron chi connectivity index (χ4n) is 2.87. The summed E-state index contributed by atoms with van der Waals surface area (Å²) in [7, 11) is 0. The molecule has 26 heavy (non-hydrogen) atoms. The van der Waals surface area contributed by atoms with E-state index >= 15 is 0 Å². The summed E-state index contributed by atoms with van der Waals surface area (Å²) in [5.41, 5.74) is 1.54. The van der Waals surface area contributed by atoms with Gasteiger partial charge >= 0.3 is 0 Å². The molecule has 1 amide bonds. The zero-order valence-corrected chi connectivity index (χ0v) is 14.5. The highest BCUT2D eigenvalue weighted by atomic mass is 32.1. The predicted octanol–water partition coefficient (Wildman–Crippen LogP) is 3.02. The molecule has 4 rings (SSSR count). The number of rotatable bonds is 4. The molecule has 4 heterocycles. The van der Waals surface area contributed by atoms with Crippen molar-refractivity contribution in [2.45, 2.75) is 19.1 Å². The van der Waals surface area contributed by atoms with Crippen molar-refractivity contribution < 1.29 is 13.6 Å². The maximum atomic E-state index is 13.5. The van der Waals surface area contributed by atoms with E-state index in [0.717, 1.165) is 6.20 Å². The minimum absolute atomic E-state index is 0.0907. The second kappa shape index (κ2) is 6.91. The molecule has 3 aromatic heterocycles. The average molecular weight is 375 g/mol. The number of fused-ring (bicyclic) bond motifs is 1. The van der Waals surface area contributed by atoms with Crippen molar-refractivity contribution in [1.82, 2.24) is 19.9 Å². The summed E-state index contributed by atoms with van der Waals surface area (Å²) in [6.45, 7) is 0.742. The Morgan fingerprint density at radius 2 is 2.27 bits per heavy atom. The Labute approximate surface area is 151 Å². The predicted molar refractivity (Wildman–Crippen MR) is 94.4 cm³/mol. The molecule has 0 aromatic carbocycles. The lowest BCUT2D eigenvalue weighted by atomic mass is 10.3. The van der Waals surface area contributed by atoms with Crippen LogP contribution in [0.25, 0.3) is 10.2 Å². The average Bonchev–Trinajstić information content (AvgIpc) is 3.27. The Morgan fingerprint density at radius 1 is 1.38 bits per heavy atom. The molecule has 0 spiro atoms. The Hall–Kier alpha value is -2.68. The second-order valence-corrected chi connectivity index (χ2v) is 6.95. The number of anilines is 1. The fraction of sp³-hybridized carbons (Fsp3) is 0.294. The molecule has 1 atom stereocenters. The van der Waals surface area contributed by atoms with Crippen LogP contribution < -0.4 is 5.32 Å². The number of hydrogen-bond acceptors (Lipinski definition) is 6. The number of nitrogens with one attached hydrogen (secondary N) is 1. The van der Waals surface area contributed by atoms with Gasteiger partial charge in [0.15, 0.2) is 5.69 Å². The molecule has 0 saturated carbocycles. The van der Waals surface area contributed by atoms with E-state index in [4.69, 9.17) is 0 Å². The van der Waals surface area contributed by atoms with Crippen LogP contribution in [0.1, 0.15) is 22.5 Å². The van der Waals surface area contributed by atoms with Crippen molar-refractivity contribution in [3.05, 3.63) is 47.0 Å². The van der Waals surface area contributed by atoms with Gasteiger partial charge in [-0.2, -0.15) is 0 Å². The van der Waals surface area contributed by atoms with Gasteiger partial charge in [0, 0.05) is 19.3 Å². The first-order valence-electron chi connectivity index (χ1n) is 8.12. The molecule has 0 aliphatic carbocycles. The van der Waals surface area contributed by atoms with Crippen LogP contribution in [0, 0.1) is 5.82 Å². The molecular weight excluding hydrogens is 360 g/mol. The third kappa shape index (κ3) is 3.34. The third-order valence-corrected chi connectivity index (χ3v) is 5.05. The molecule has 1 saturated heterocycles. The van der Waals surface area contributed by atoms with Crippen LogP contribution in [0.2, 0.25) is 0 Å². The highest BCUT2D eigenvalue weighted by Gasteiger charge is 2.29. The summed E-state index contributed by atoms with van der Waals surface area (Å²) in [4.78, 5) is 26.8. The first kappa shape index (κ1) is 16.8. The lowest BCUT2D eigenvalue weighted by Gasteiger charge is -2.15. The number of nitrogens with zero attached hydrogens (tertiary/aromatic N) is 4. The third-order valence-electron chi connectivity index (χ3n) is 4.14. The number of pyridine rings is 1. The SMILES string of the molecule is O=C(c1nc(NCc2cncc(F)c2)nc2ccsc12)N1CCC(F)C1. The molecule has 0 bridgehead atoms. The van der Waals surface area contributed by atoms with Crippen molar-refractivity contribution in [2.24, 2.45) is 0 Å². The zero-order valence-electron chi connectivity index (χ0n) is 13.7. The van der Waals surface area contributed by atoms with Crippen molar-refractivity contribution in [3.8, 4) is 0 Å². The largest absolute Gasteiger partial charge is 0.350 e. The number of aromatic nitrogens is 3. The number of likely N-dealkylation sites (tertiary alicyclic amines) is 1. The molecule has 1 aliphatic rings. The van der Waals surface area contributed by atoms with Crippen LogP contribution in [0.5, 0.6) is 0 Å². The minimum Gasteiger partial charge on any atom is -0.350 e. The van der Waals surface area contributed by atoms with Gasteiger partial charge in [0.05, 0.1) is 23.0 Å². The highest BCUT2D eigenvalue weighted by Crippen LogP contribution is 2.26. The van der Waals surface area contributed by atoms with Gasteiger partial charge < -0.3 is 10.2 Å². The zero-order chi connectivity index (χ0) is 18.1. The van der Waals surface area contributed by atoms with Gasteiger partial charge in [-0.15, -0.1) is 11.3 Å². The maximum absolute atomic E-state index is 13.5. The molecular formula is C17H15F2N5OS. The van der Waals surface area contributed by atoms with Gasteiger partial charge in [0.2, 0.25) is 5.95 Å². The first-order chi connectivity index (χ1) is 12.6. The molecule has 134 valence electrons. The van der Waals surface area contributed by atoms with Crippen LogP contribution in [-0.2, 0) is 6.54 Å². The van der Waals surface area contributed by atoms with Crippen LogP contribution in [0.4, 0.5) is 14.7 Å². The Balaban J connectivity index is 1.61. The number of hydrogen-bond donors (Lipinski definition) is 1. The van der Waals surface area contributed by atoms with Crippen LogP contribution >= 0.6 is 11.3 Å². The molecule has 9 heteroatoms. The quantitative estimate of drug-likeness (QED) is 0.759. The van der Waals surface area contributed by atoms with Crippen molar-refractivity contribution in [1.29, 1.82) is 0 Å². The summed E-state index contributed by atoms with van der Waals surface area (Å²) in [6.07, 6.45) is 2.03. The summed E-state index contributed by atoms with van der Waals surface area (Å²) in [5, 5.41) is 4.83. The van der Waals surface area contributed by atoms with Crippen molar-refractivity contribution in [3.63, 3.8) is 0 Å². The Bertz CT molecular complexity index is 963. The number of halogens is 2. The summed E-state index contributed by atoms with van der Waals surface area (Å²) >= 11 is 1.37. The molecule has 1 fully saturated rings. The lowest BCUT2D eigenvalue weighted by molar-refractivity contribution is 0.0779. The second-order valence-electron chi connectivity index (χ2n) is 6.03. The standard InChI is InChI=1S/C17H15F2N5OS/c18-11-1-3-24(9-11)16(25)14-15-13(2-4-26-15)22-17(23-14)21-7-10-5-12(19)8-20-6-10/h2,4-6,8,11H,1,3,7,9H2,(H,21,22,23). The number of alkyl halides is 1. The number of carbonyl (C=O) groups is 1. The number of thiophene rings is 1. The molecule has 6 nitrogen and oxygen atoms in total. The summed E-state index contributed by atoms with van der Waals surface area (Å²) in [5.74, 6) is -0.459. The van der Waals surface area contributed by atoms with E-state index in [1.54, 1.807) is 6.07 Å². The number of amides is 1. The van der Waals surface area contributed by atoms with E-state index in [2.05, 4.69) is 20.3 Å². The van der Waals surface area contributed by atoms with Crippen molar-refractivity contribution in [2.75, 3.05) is 18.4 Å². The first-order valence-corrected chi connectivity index (χ1v) is 9.00. The van der Waals surface area contributed by atoms with E-state index in [1.807, 2.05) is 5.38 Å². The van der Waals surface area contributed by atoms with Crippen LogP contribution in [0.15, 0.2) is 29.9 Å². The van der Waals surface area contributed by atoms with E-state index in [9.17, 15) is 13.6 Å². The van der Waals surface area contributed by atoms with Gasteiger partial charge in [-0.1, -0.05) is 0 Å². The monoisotopic (exact) mass is 375 g/mol. The van der Waals surface area contributed by atoms with Gasteiger partial charge in [-0.25, -0.2) is 18.7 Å². The molecule has 1 aliphatic heterocycles. The van der Waals surface area contributed by atoms with E-state index < -0.39 is 12.0 Å². The van der Waals surface area contributed by atoms with Gasteiger partial charge in [0.25, 0.3) is 5.91 Å². The van der Waals surface area contributed by atoms with Crippen LogP contribution in [-0.4, -0.2) is 45.0 Å². The van der Waals surface area contributed by atoms with Gasteiger partial charge in [-0.3, -0.25) is 9.78 Å². The molecule has 1 unspecified atom stereocenters. The molecule has 0 radical (unpaired) electrons. The van der Waals surface area contributed by atoms with E-state index in [-0.39, 0.29) is 30.6 Å². The molecule has 3 aromatic rings. The normalized spacial score (nSPS) is 17.0.